The fraction of sp³-hybridized carbons (Fsp3) is 0.500. The van der Waals surface area contributed by atoms with Crippen LogP contribution in [0.5, 0.6) is 5.75 Å². The van der Waals surface area contributed by atoms with Crippen LogP contribution in [0.3, 0.4) is 0 Å². The fourth-order valence-corrected chi connectivity index (χ4v) is 3.29. The molecule has 0 radical (unpaired) electrons. The molecular formula is C14H18N4O. The van der Waals surface area contributed by atoms with E-state index in [1.54, 1.807) is 7.11 Å². The Morgan fingerprint density at radius 2 is 2.32 bits per heavy atom. The van der Waals surface area contributed by atoms with Gasteiger partial charge in [-0.25, -0.2) is 4.68 Å². The van der Waals surface area contributed by atoms with E-state index in [1.807, 2.05) is 12.1 Å². The van der Waals surface area contributed by atoms with Gasteiger partial charge in [0, 0.05) is 24.4 Å². The van der Waals surface area contributed by atoms with Crippen LogP contribution in [0, 0.1) is 5.92 Å². The van der Waals surface area contributed by atoms with Crippen molar-refractivity contribution < 1.29 is 4.74 Å². The van der Waals surface area contributed by atoms with Crippen molar-refractivity contribution in [1.29, 1.82) is 0 Å². The average molecular weight is 258 g/mol. The molecule has 2 aromatic rings. The molecule has 2 aliphatic heterocycles. The Morgan fingerprint density at radius 1 is 1.37 bits per heavy atom. The number of fused-ring (bicyclic) bond motifs is 5. The van der Waals surface area contributed by atoms with Crippen molar-refractivity contribution in [3.05, 3.63) is 18.2 Å². The summed E-state index contributed by atoms with van der Waals surface area (Å²) in [6.45, 7) is 3.19. The standard InChI is InChI=1S/C14H18N4O/c1-19-10-2-3-12-11(6-10)14-16-8-9-7-15-5-4-13(9)18(14)17-12/h2-3,6,9,13,15-16H,4-5,7-8H2,1H3. The molecule has 0 bridgehead atoms. The molecule has 1 saturated heterocycles. The Labute approximate surface area is 111 Å². The molecule has 1 fully saturated rings. The zero-order chi connectivity index (χ0) is 12.8. The van der Waals surface area contributed by atoms with Gasteiger partial charge in [-0.2, -0.15) is 5.10 Å². The Bertz CT molecular complexity index is 621. The summed E-state index contributed by atoms with van der Waals surface area (Å²) in [4.78, 5) is 0. The number of hydrogen-bond acceptors (Lipinski definition) is 4. The summed E-state index contributed by atoms with van der Waals surface area (Å²) in [6.07, 6.45) is 1.16. The third kappa shape index (κ3) is 1.61. The van der Waals surface area contributed by atoms with Crippen molar-refractivity contribution in [3.8, 4) is 5.75 Å². The van der Waals surface area contributed by atoms with E-state index < -0.39 is 0 Å². The van der Waals surface area contributed by atoms with E-state index in [4.69, 9.17) is 9.84 Å². The molecule has 2 N–H and O–H groups in total. The minimum Gasteiger partial charge on any atom is -0.497 e. The lowest BCUT2D eigenvalue weighted by atomic mass is 9.92. The molecule has 4 rings (SSSR count). The summed E-state index contributed by atoms with van der Waals surface area (Å²) in [7, 11) is 1.70. The predicted molar refractivity (Wildman–Crippen MR) is 74.8 cm³/mol. The van der Waals surface area contributed by atoms with Gasteiger partial charge in [0.15, 0.2) is 0 Å². The van der Waals surface area contributed by atoms with Gasteiger partial charge in [-0.15, -0.1) is 0 Å². The van der Waals surface area contributed by atoms with E-state index in [0.29, 0.717) is 12.0 Å². The highest BCUT2D eigenvalue weighted by Gasteiger charge is 2.33. The van der Waals surface area contributed by atoms with Gasteiger partial charge in [0.05, 0.1) is 18.7 Å². The maximum atomic E-state index is 5.31. The summed E-state index contributed by atoms with van der Waals surface area (Å²) in [5, 5.41) is 13.0. The van der Waals surface area contributed by atoms with Gasteiger partial charge >= 0.3 is 0 Å². The molecule has 100 valence electrons. The largest absolute Gasteiger partial charge is 0.497 e. The second-order valence-electron chi connectivity index (χ2n) is 5.38. The molecule has 0 aliphatic carbocycles. The number of nitrogens with one attached hydrogen (secondary N) is 2. The van der Waals surface area contributed by atoms with Gasteiger partial charge in [0.25, 0.3) is 0 Å². The molecule has 0 amide bonds. The highest BCUT2D eigenvalue weighted by molar-refractivity contribution is 5.91. The van der Waals surface area contributed by atoms with E-state index in [0.717, 1.165) is 48.5 Å². The maximum absolute atomic E-state index is 5.31. The van der Waals surface area contributed by atoms with Gasteiger partial charge < -0.3 is 15.4 Å². The maximum Gasteiger partial charge on any atom is 0.132 e. The summed E-state index contributed by atoms with van der Waals surface area (Å²) in [5.41, 5.74) is 1.04. The van der Waals surface area contributed by atoms with Gasteiger partial charge in [-0.1, -0.05) is 0 Å². The summed E-state index contributed by atoms with van der Waals surface area (Å²) < 4.78 is 7.51. The lowest BCUT2D eigenvalue weighted by Gasteiger charge is -2.37. The number of anilines is 1. The van der Waals surface area contributed by atoms with Crippen LogP contribution < -0.4 is 15.4 Å². The van der Waals surface area contributed by atoms with Crippen LogP contribution in [0.15, 0.2) is 18.2 Å². The normalized spacial score (nSPS) is 25.5. The number of ether oxygens (including phenoxy) is 1. The number of nitrogens with zero attached hydrogens (tertiary/aromatic N) is 2. The predicted octanol–water partition coefficient (Wildman–Crippen LogP) is 1.62. The Hall–Kier alpha value is -1.75. The minimum atomic E-state index is 0.524. The lowest BCUT2D eigenvalue weighted by molar-refractivity contribution is 0.239. The van der Waals surface area contributed by atoms with Crippen LogP contribution in [-0.2, 0) is 0 Å². The van der Waals surface area contributed by atoms with Gasteiger partial charge in [-0.05, 0) is 31.2 Å². The van der Waals surface area contributed by atoms with Crippen LogP contribution in [0.2, 0.25) is 0 Å². The van der Waals surface area contributed by atoms with Gasteiger partial charge in [0.1, 0.15) is 11.6 Å². The average Bonchev–Trinajstić information content (AvgIpc) is 2.85. The van der Waals surface area contributed by atoms with Crippen LogP contribution in [-0.4, -0.2) is 36.5 Å². The molecule has 1 aromatic heterocycles. The highest BCUT2D eigenvalue weighted by Crippen LogP contribution is 2.37. The molecule has 5 heteroatoms. The number of aromatic nitrogens is 2. The lowest BCUT2D eigenvalue weighted by Crippen LogP contribution is -2.44. The molecule has 2 atom stereocenters. The Morgan fingerprint density at radius 3 is 3.21 bits per heavy atom. The molecule has 5 nitrogen and oxygen atoms in total. The molecule has 2 unspecified atom stereocenters. The number of rotatable bonds is 1. The molecule has 19 heavy (non-hydrogen) atoms. The number of hydrogen-bond donors (Lipinski definition) is 2. The first-order valence-corrected chi connectivity index (χ1v) is 6.87. The van der Waals surface area contributed by atoms with E-state index in [9.17, 15) is 0 Å². The smallest absolute Gasteiger partial charge is 0.132 e. The second kappa shape index (κ2) is 4.13. The topological polar surface area (TPSA) is 51.1 Å². The first kappa shape index (κ1) is 11.1. The fourth-order valence-electron chi connectivity index (χ4n) is 3.29. The molecule has 0 spiro atoms. The Balaban J connectivity index is 1.86. The van der Waals surface area contributed by atoms with Crippen molar-refractivity contribution in [2.75, 3.05) is 32.1 Å². The zero-order valence-corrected chi connectivity index (χ0v) is 11.0. The van der Waals surface area contributed by atoms with Crippen LogP contribution in [0.25, 0.3) is 10.9 Å². The van der Waals surface area contributed by atoms with E-state index in [2.05, 4.69) is 21.4 Å². The molecule has 1 aromatic carbocycles. The quantitative estimate of drug-likeness (QED) is 0.816. The summed E-state index contributed by atoms with van der Waals surface area (Å²) in [6, 6.07) is 6.61. The van der Waals surface area contributed by atoms with Crippen molar-refractivity contribution in [2.24, 2.45) is 5.92 Å². The number of piperidine rings is 1. The SMILES string of the molecule is COc1ccc2nn3c(c2c1)NCC1CNCCC13. The van der Waals surface area contributed by atoms with Crippen molar-refractivity contribution in [1.82, 2.24) is 15.1 Å². The van der Waals surface area contributed by atoms with E-state index in [1.165, 1.54) is 0 Å². The summed E-state index contributed by atoms with van der Waals surface area (Å²) >= 11 is 0. The van der Waals surface area contributed by atoms with Crippen molar-refractivity contribution in [2.45, 2.75) is 12.5 Å². The molecule has 3 heterocycles. The highest BCUT2D eigenvalue weighted by atomic mass is 16.5. The number of benzene rings is 1. The minimum absolute atomic E-state index is 0.524. The van der Waals surface area contributed by atoms with Gasteiger partial charge in [0.2, 0.25) is 0 Å². The first-order valence-electron chi connectivity index (χ1n) is 6.87. The van der Waals surface area contributed by atoms with E-state index >= 15 is 0 Å². The van der Waals surface area contributed by atoms with Crippen LogP contribution in [0.4, 0.5) is 5.82 Å². The van der Waals surface area contributed by atoms with Crippen molar-refractivity contribution in [3.63, 3.8) is 0 Å². The number of methoxy groups -OCH3 is 1. The third-order valence-corrected chi connectivity index (χ3v) is 4.32. The second-order valence-corrected chi connectivity index (χ2v) is 5.38. The molecule has 2 aliphatic rings. The molecule has 0 saturated carbocycles. The third-order valence-electron chi connectivity index (χ3n) is 4.32. The van der Waals surface area contributed by atoms with Gasteiger partial charge in [-0.3, -0.25) is 0 Å². The zero-order valence-electron chi connectivity index (χ0n) is 11.0. The van der Waals surface area contributed by atoms with E-state index in [-0.39, 0.29) is 0 Å². The van der Waals surface area contributed by atoms with Crippen LogP contribution >= 0.6 is 0 Å². The first-order chi connectivity index (χ1) is 9.36. The summed E-state index contributed by atoms with van der Waals surface area (Å²) in [5.74, 6) is 2.67. The molecular weight excluding hydrogens is 240 g/mol. The van der Waals surface area contributed by atoms with Crippen LogP contribution in [0.1, 0.15) is 12.5 Å². The Kier molecular flexibility index (Phi) is 2.41. The monoisotopic (exact) mass is 258 g/mol. The van der Waals surface area contributed by atoms with Crippen molar-refractivity contribution >= 4 is 16.7 Å².